The maximum atomic E-state index is 12.8. The number of amides is 1. The molecule has 4 nitrogen and oxygen atoms in total. The first-order valence-electron chi connectivity index (χ1n) is 6.43. The second-order valence-corrected chi connectivity index (χ2v) is 4.94. The third-order valence-corrected chi connectivity index (χ3v) is 3.49. The van der Waals surface area contributed by atoms with Crippen molar-refractivity contribution in [3.05, 3.63) is 41.7 Å². The Morgan fingerprint density at radius 3 is 2.55 bits per heavy atom. The molecule has 1 aliphatic rings. The molecule has 1 N–H and O–H groups in total. The van der Waals surface area contributed by atoms with E-state index in [1.54, 1.807) is 19.1 Å². The van der Waals surface area contributed by atoms with E-state index in [1.807, 2.05) is 0 Å². The van der Waals surface area contributed by atoms with Gasteiger partial charge in [-0.05, 0) is 36.6 Å². The third-order valence-electron chi connectivity index (χ3n) is 3.49. The number of carbonyl (C=O) groups is 2. The first-order chi connectivity index (χ1) is 9.47. The molecule has 1 atom stereocenters. The quantitative estimate of drug-likeness (QED) is 0.861. The van der Waals surface area contributed by atoms with Gasteiger partial charge in [-0.1, -0.05) is 12.1 Å². The Hall–Kier alpha value is -2.17. The Bertz CT molecular complexity index is 551. The molecule has 0 radical (unpaired) electrons. The zero-order valence-corrected chi connectivity index (χ0v) is 11.2. The Morgan fingerprint density at radius 2 is 2.00 bits per heavy atom. The van der Waals surface area contributed by atoms with Gasteiger partial charge in [0.1, 0.15) is 5.82 Å². The molecule has 1 unspecified atom stereocenters. The van der Waals surface area contributed by atoms with Gasteiger partial charge in [-0.25, -0.2) is 4.39 Å². The standard InChI is InChI=1S/C15H16FNO3/c1-10(11-2-4-13(16)5-3-11)8-14(18)17-7-6-12(9-17)15(19)20/h2-5,8,12H,6-7,9H2,1H3,(H,19,20)/b10-8-. The lowest BCUT2D eigenvalue weighted by molar-refractivity contribution is -0.141. The average Bonchev–Trinajstić information content (AvgIpc) is 2.89. The second kappa shape index (κ2) is 5.86. The van der Waals surface area contributed by atoms with Crippen LogP contribution in [0.25, 0.3) is 5.57 Å². The van der Waals surface area contributed by atoms with E-state index >= 15 is 0 Å². The maximum Gasteiger partial charge on any atom is 0.308 e. The summed E-state index contributed by atoms with van der Waals surface area (Å²) in [7, 11) is 0. The maximum absolute atomic E-state index is 12.8. The van der Waals surface area contributed by atoms with Gasteiger partial charge in [-0.2, -0.15) is 0 Å². The third kappa shape index (κ3) is 3.23. The lowest BCUT2D eigenvalue weighted by Gasteiger charge is -2.14. The number of likely N-dealkylation sites (tertiary alicyclic amines) is 1. The number of carboxylic acids is 1. The van der Waals surface area contributed by atoms with Crippen molar-refractivity contribution in [1.82, 2.24) is 4.90 Å². The first kappa shape index (κ1) is 14.2. The molecule has 1 saturated heterocycles. The largest absolute Gasteiger partial charge is 0.481 e. The van der Waals surface area contributed by atoms with Crippen LogP contribution in [-0.2, 0) is 9.59 Å². The SMILES string of the molecule is C/C(=C/C(=O)N1CCC(C(=O)O)C1)c1ccc(F)cc1. The van der Waals surface area contributed by atoms with E-state index in [4.69, 9.17) is 5.11 Å². The van der Waals surface area contributed by atoms with Crippen molar-refractivity contribution in [2.75, 3.05) is 13.1 Å². The van der Waals surface area contributed by atoms with Crippen LogP contribution in [0.5, 0.6) is 0 Å². The number of benzene rings is 1. The van der Waals surface area contributed by atoms with Crippen LogP contribution in [0.2, 0.25) is 0 Å². The fourth-order valence-electron chi connectivity index (χ4n) is 2.23. The van der Waals surface area contributed by atoms with Gasteiger partial charge in [-0.15, -0.1) is 0 Å². The lowest BCUT2D eigenvalue weighted by atomic mass is 10.1. The molecule has 1 aromatic carbocycles. The second-order valence-electron chi connectivity index (χ2n) is 4.94. The number of allylic oxidation sites excluding steroid dienone is 1. The molecule has 1 amide bonds. The summed E-state index contributed by atoms with van der Waals surface area (Å²) in [5, 5.41) is 8.91. The lowest BCUT2D eigenvalue weighted by Crippen LogP contribution is -2.28. The Balaban J connectivity index is 2.05. The number of halogens is 1. The predicted octanol–water partition coefficient (Wildman–Crippen LogP) is 2.16. The topological polar surface area (TPSA) is 57.6 Å². The van der Waals surface area contributed by atoms with E-state index in [2.05, 4.69) is 0 Å². The van der Waals surface area contributed by atoms with Gasteiger partial charge in [0.25, 0.3) is 0 Å². The molecule has 0 aromatic heterocycles. The van der Waals surface area contributed by atoms with E-state index in [0.29, 0.717) is 13.0 Å². The number of carbonyl (C=O) groups excluding carboxylic acids is 1. The Labute approximate surface area is 116 Å². The van der Waals surface area contributed by atoms with Crippen LogP contribution >= 0.6 is 0 Å². The average molecular weight is 277 g/mol. The summed E-state index contributed by atoms with van der Waals surface area (Å²) >= 11 is 0. The first-order valence-corrected chi connectivity index (χ1v) is 6.43. The molecule has 5 heteroatoms. The van der Waals surface area contributed by atoms with Gasteiger partial charge in [-0.3, -0.25) is 9.59 Å². The highest BCUT2D eigenvalue weighted by molar-refractivity contribution is 5.95. The highest BCUT2D eigenvalue weighted by Gasteiger charge is 2.29. The number of hydrogen-bond acceptors (Lipinski definition) is 2. The Kier molecular flexibility index (Phi) is 4.17. The molecule has 0 spiro atoms. The minimum absolute atomic E-state index is 0.199. The normalized spacial score (nSPS) is 19.2. The zero-order valence-electron chi connectivity index (χ0n) is 11.2. The molecular weight excluding hydrogens is 261 g/mol. The molecule has 1 aliphatic heterocycles. The van der Waals surface area contributed by atoms with Crippen molar-refractivity contribution >= 4 is 17.4 Å². The number of carboxylic acid groups (broad SMARTS) is 1. The summed E-state index contributed by atoms with van der Waals surface area (Å²) in [4.78, 5) is 24.4. The monoisotopic (exact) mass is 277 g/mol. The van der Waals surface area contributed by atoms with Crippen LogP contribution in [-0.4, -0.2) is 35.0 Å². The van der Waals surface area contributed by atoms with Gasteiger partial charge >= 0.3 is 5.97 Å². The van der Waals surface area contributed by atoms with E-state index in [-0.39, 0.29) is 18.3 Å². The molecule has 2 rings (SSSR count). The summed E-state index contributed by atoms with van der Waals surface area (Å²) in [5.41, 5.74) is 1.50. The number of hydrogen-bond donors (Lipinski definition) is 1. The summed E-state index contributed by atoms with van der Waals surface area (Å²) in [6.07, 6.45) is 1.96. The van der Waals surface area contributed by atoms with E-state index in [9.17, 15) is 14.0 Å². The van der Waals surface area contributed by atoms with Gasteiger partial charge in [0.2, 0.25) is 5.91 Å². The molecule has 0 bridgehead atoms. The molecule has 1 aromatic rings. The Morgan fingerprint density at radius 1 is 1.35 bits per heavy atom. The molecule has 106 valence electrons. The van der Waals surface area contributed by atoms with Crippen molar-refractivity contribution in [3.8, 4) is 0 Å². The van der Waals surface area contributed by atoms with E-state index in [0.717, 1.165) is 11.1 Å². The van der Waals surface area contributed by atoms with Crippen LogP contribution in [0, 0.1) is 11.7 Å². The number of aliphatic carboxylic acids is 1. The van der Waals surface area contributed by atoms with Crippen molar-refractivity contribution in [2.45, 2.75) is 13.3 Å². The van der Waals surface area contributed by atoms with Crippen molar-refractivity contribution < 1.29 is 19.1 Å². The van der Waals surface area contributed by atoms with Crippen LogP contribution in [0.3, 0.4) is 0 Å². The molecular formula is C15H16FNO3. The van der Waals surface area contributed by atoms with Gasteiger partial charge in [0.05, 0.1) is 5.92 Å². The van der Waals surface area contributed by atoms with Crippen molar-refractivity contribution in [2.24, 2.45) is 5.92 Å². The predicted molar refractivity (Wildman–Crippen MR) is 72.4 cm³/mol. The molecule has 1 heterocycles. The minimum Gasteiger partial charge on any atom is -0.481 e. The summed E-state index contributed by atoms with van der Waals surface area (Å²) in [5.74, 6) is -1.86. The number of rotatable bonds is 3. The highest BCUT2D eigenvalue weighted by atomic mass is 19.1. The molecule has 1 fully saturated rings. The zero-order chi connectivity index (χ0) is 14.7. The van der Waals surface area contributed by atoms with Gasteiger partial charge < -0.3 is 10.0 Å². The van der Waals surface area contributed by atoms with Crippen molar-refractivity contribution in [1.29, 1.82) is 0 Å². The van der Waals surface area contributed by atoms with E-state index in [1.165, 1.54) is 23.1 Å². The van der Waals surface area contributed by atoms with Gasteiger partial charge in [0, 0.05) is 19.2 Å². The fraction of sp³-hybridized carbons (Fsp3) is 0.333. The molecule has 20 heavy (non-hydrogen) atoms. The smallest absolute Gasteiger partial charge is 0.308 e. The molecule has 0 saturated carbocycles. The minimum atomic E-state index is -0.862. The fourth-order valence-corrected chi connectivity index (χ4v) is 2.23. The summed E-state index contributed by atoms with van der Waals surface area (Å²) in [6.45, 7) is 2.49. The highest BCUT2D eigenvalue weighted by Crippen LogP contribution is 2.19. The van der Waals surface area contributed by atoms with Crippen LogP contribution in [0.4, 0.5) is 4.39 Å². The summed E-state index contributed by atoms with van der Waals surface area (Å²) < 4.78 is 12.8. The van der Waals surface area contributed by atoms with Crippen LogP contribution < -0.4 is 0 Å². The van der Waals surface area contributed by atoms with Crippen molar-refractivity contribution in [3.63, 3.8) is 0 Å². The van der Waals surface area contributed by atoms with Crippen LogP contribution in [0.1, 0.15) is 18.9 Å². The number of nitrogens with zero attached hydrogens (tertiary/aromatic N) is 1. The molecule has 0 aliphatic carbocycles. The van der Waals surface area contributed by atoms with Gasteiger partial charge in [0.15, 0.2) is 0 Å². The summed E-state index contributed by atoms with van der Waals surface area (Å²) in [6, 6.07) is 5.90. The van der Waals surface area contributed by atoms with Crippen LogP contribution in [0.15, 0.2) is 30.3 Å². The van der Waals surface area contributed by atoms with E-state index < -0.39 is 11.9 Å².